The minimum Gasteiger partial charge on any atom is -0.478 e. The van der Waals surface area contributed by atoms with Crippen molar-refractivity contribution >= 4 is 29.1 Å². The highest BCUT2D eigenvalue weighted by atomic mass is 32.1. The summed E-state index contributed by atoms with van der Waals surface area (Å²) >= 11 is 1.50. The van der Waals surface area contributed by atoms with E-state index in [0.29, 0.717) is 16.8 Å². The van der Waals surface area contributed by atoms with Gasteiger partial charge in [-0.05, 0) is 30.4 Å². The molecule has 0 unspecified atom stereocenters. The van der Waals surface area contributed by atoms with E-state index in [0.717, 1.165) is 18.4 Å². The standard InChI is InChI=1S/C18H14N2O4S/c21-16(10-5-6-10)19-17-14(12-3-1-2-4-13(12)18(22)23)15(20-24-17)11-7-8-25-9-11/h1-4,7-10H,5-6H2,(H,19,21)(H,22,23). The monoisotopic (exact) mass is 354 g/mol. The van der Waals surface area contributed by atoms with E-state index < -0.39 is 5.97 Å². The second-order valence-electron chi connectivity index (χ2n) is 5.86. The lowest BCUT2D eigenvalue weighted by atomic mass is 9.97. The lowest BCUT2D eigenvalue weighted by molar-refractivity contribution is -0.117. The molecular weight excluding hydrogens is 340 g/mol. The SMILES string of the molecule is O=C(O)c1ccccc1-c1c(-c2ccsc2)noc1NC(=O)C1CC1. The third-order valence-electron chi connectivity index (χ3n) is 4.10. The number of nitrogens with zero attached hydrogens (tertiary/aromatic N) is 1. The Kier molecular flexibility index (Phi) is 3.85. The molecule has 7 heteroatoms. The van der Waals surface area contributed by atoms with Gasteiger partial charge in [0.15, 0.2) is 0 Å². The van der Waals surface area contributed by atoms with Crippen molar-refractivity contribution < 1.29 is 19.2 Å². The highest BCUT2D eigenvalue weighted by molar-refractivity contribution is 7.08. The molecule has 0 atom stereocenters. The van der Waals surface area contributed by atoms with E-state index in [1.807, 2.05) is 16.8 Å². The number of carboxylic acid groups (broad SMARTS) is 1. The van der Waals surface area contributed by atoms with Gasteiger partial charge in [0.2, 0.25) is 11.8 Å². The Hall–Kier alpha value is -2.93. The number of benzene rings is 1. The number of carbonyl (C=O) groups excluding carboxylic acids is 1. The molecule has 6 nitrogen and oxygen atoms in total. The lowest BCUT2D eigenvalue weighted by Gasteiger charge is -2.08. The van der Waals surface area contributed by atoms with E-state index in [4.69, 9.17) is 4.52 Å². The quantitative estimate of drug-likeness (QED) is 0.719. The van der Waals surface area contributed by atoms with Gasteiger partial charge in [-0.2, -0.15) is 11.3 Å². The Bertz CT molecular complexity index is 942. The molecule has 1 amide bonds. The maximum absolute atomic E-state index is 12.2. The number of thiophene rings is 1. The first-order chi connectivity index (χ1) is 12.1. The topological polar surface area (TPSA) is 92.4 Å². The minimum absolute atomic E-state index is 0.00253. The van der Waals surface area contributed by atoms with Gasteiger partial charge in [0.1, 0.15) is 5.69 Å². The number of carboxylic acids is 1. The van der Waals surface area contributed by atoms with Crippen molar-refractivity contribution in [2.75, 3.05) is 5.32 Å². The fraction of sp³-hybridized carbons (Fsp3) is 0.167. The number of carbonyl (C=O) groups is 2. The Balaban J connectivity index is 1.87. The Labute approximate surface area is 147 Å². The molecule has 0 saturated heterocycles. The zero-order chi connectivity index (χ0) is 17.4. The average molecular weight is 354 g/mol. The lowest BCUT2D eigenvalue weighted by Crippen LogP contribution is -2.13. The highest BCUT2D eigenvalue weighted by Gasteiger charge is 2.32. The molecule has 1 aliphatic carbocycles. The first-order valence-corrected chi connectivity index (χ1v) is 8.75. The molecule has 2 aromatic heterocycles. The molecule has 126 valence electrons. The van der Waals surface area contributed by atoms with Gasteiger partial charge in [-0.15, -0.1) is 0 Å². The van der Waals surface area contributed by atoms with Crippen LogP contribution in [0.1, 0.15) is 23.2 Å². The van der Waals surface area contributed by atoms with Crippen LogP contribution in [-0.4, -0.2) is 22.1 Å². The molecule has 0 aliphatic heterocycles. The normalized spacial score (nSPS) is 13.6. The van der Waals surface area contributed by atoms with E-state index in [1.165, 1.54) is 17.4 Å². The van der Waals surface area contributed by atoms with Crippen molar-refractivity contribution in [2.45, 2.75) is 12.8 Å². The van der Waals surface area contributed by atoms with Crippen LogP contribution >= 0.6 is 11.3 Å². The zero-order valence-corrected chi connectivity index (χ0v) is 13.9. The molecule has 0 bridgehead atoms. The van der Waals surface area contributed by atoms with Gasteiger partial charge in [0, 0.05) is 22.4 Å². The summed E-state index contributed by atoms with van der Waals surface area (Å²) in [6.45, 7) is 0. The van der Waals surface area contributed by atoms with Crippen molar-refractivity contribution in [3.8, 4) is 22.4 Å². The fourth-order valence-electron chi connectivity index (χ4n) is 2.67. The Morgan fingerprint density at radius 3 is 2.72 bits per heavy atom. The van der Waals surface area contributed by atoms with Gasteiger partial charge >= 0.3 is 5.97 Å². The van der Waals surface area contributed by atoms with Crippen LogP contribution in [0.2, 0.25) is 0 Å². The highest BCUT2D eigenvalue weighted by Crippen LogP contribution is 2.41. The number of aromatic carboxylic acids is 1. The molecule has 0 radical (unpaired) electrons. The third kappa shape index (κ3) is 2.94. The molecule has 0 spiro atoms. The summed E-state index contributed by atoms with van der Waals surface area (Å²) in [6.07, 6.45) is 1.72. The summed E-state index contributed by atoms with van der Waals surface area (Å²) in [7, 11) is 0. The number of amides is 1. The largest absolute Gasteiger partial charge is 0.478 e. The molecule has 1 aromatic carbocycles. The number of hydrogen-bond acceptors (Lipinski definition) is 5. The predicted octanol–water partition coefficient (Wildman–Crippen LogP) is 4.12. The van der Waals surface area contributed by atoms with Crippen LogP contribution in [0, 0.1) is 5.92 Å². The summed E-state index contributed by atoms with van der Waals surface area (Å²) in [6, 6.07) is 8.50. The van der Waals surface area contributed by atoms with E-state index >= 15 is 0 Å². The molecule has 25 heavy (non-hydrogen) atoms. The van der Waals surface area contributed by atoms with E-state index in [1.54, 1.807) is 18.2 Å². The van der Waals surface area contributed by atoms with Crippen molar-refractivity contribution in [1.29, 1.82) is 0 Å². The second kappa shape index (κ2) is 6.18. The van der Waals surface area contributed by atoms with Crippen LogP contribution in [0.3, 0.4) is 0 Å². The van der Waals surface area contributed by atoms with Gasteiger partial charge in [-0.25, -0.2) is 4.79 Å². The molecule has 1 fully saturated rings. The van der Waals surface area contributed by atoms with Crippen molar-refractivity contribution in [3.05, 3.63) is 46.7 Å². The number of rotatable bonds is 5. The van der Waals surface area contributed by atoms with Crippen LogP contribution in [-0.2, 0) is 4.79 Å². The first kappa shape index (κ1) is 15.6. The summed E-state index contributed by atoms with van der Waals surface area (Å²) in [5, 5.41) is 20.2. The number of aromatic nitrogens is 1. The van der Waals surface area contributed by atoms with E-state index in [-0.39, 0.29) is 23.3 Å². The molecule has 3 aromatic rings. The smallest absolute Gasteiger partial charge is 0.336 e. The van der Waals surface area contributed by atoms with Crippen molar-refractivity contribution in [3.63, 3.8) is 0 Å². The maximum atomic E-state index is 12.2. The molecule has 4 rings (SSSR count). The Morgan fingerprint density at radius 2 is 2.04 bits per heavy atom. The third-order valence-corrected chi connectivity index (χ3v) is 4.78. The van der Waals surface area contributed by atoms with Gasteiger partial charge < -0.3 is 9.63 Å². The van der Waals surface area contributed by atoms with Gasteiger partial charge in [-0.1, -0.05) is 23.4 Å². The van der Waals surface area contributed by atoms with Crippen LogP contribution in [0.25, 0.3) is 22.4 Å². The van der Waals surface area contributed by atoms with E-state index in [2.05, 4.69) is 10.5 Å². The number of anilines is 1. The average Bonchev–Trinajstić information content (AvgIpc) is 3.17. The van der Waals surface area contributed by atoms with Crippen LogP contribution < -0.4 is 5.32 Å². The summed E-state index contributed by atoms with van der Waals surface area (Å²) in [5.41, 5.74) is 2.41. The molecule has 2 heterocycles. The summed E-state index contributed by atoms with van der Waals surface area (Å²) in [5.74, 6) is -0.987. The number of nitrogens with one attached hydrogen (secondary N) is 1. The fourth-order valence-corrected chi connectivity index (χ4v) is 3.31. The number of hydrogen-bond donors (Lipinski definition) is 2. The van der Waals surface area contributed by atoms with Gasteiger partial charge in [0.05, 0.1) is 11.1 Å². The zero-order valence-electron chi connectivity index (χ0n) is 13.1. The van der Waals surface area contributed by atoms with Gasteiger partial charge in [0.25, 0.3) is 0 Å². The van der Waals surface area contributed by atoms with Crippen LogP contribution in [0.15, 0.2) is 45.6 Å². The van der Waals surface area contributed by atoms with Crippen LogP contribution in [0.4, 0.5) is 5.88 Å². The molecular formula is C18H14N2O4S. The predicted molar refractivity (Wildman–Crippen MR) is 93.6 cm³/mol. The van der Waals surface area contributed by atoms with Crippen molar-refractivity contribution in [1.82, 2.24) is 5.16 Å². The van der Waals surface area contributed by atoms with E-state index in [9.17, 15) is 14.7 Å². The maximum Gasteiger partial charge on any atom is 0.336 e. The summed E-state index contributed by atoms with van der Waals surface area (Å²) in [4.78, 5) is 23.8. The second-order valence-corrected chi connectivity index (χ2v) is 6.64. The molecule has 2 N–H and O–H groups in total. The van der Waals surface area contributed by atoms with Crippen LogP contribution in [0.5, 0.6) is 0 Å². The van der Waals surface area contributed by atoms with Crippen molar-refractivity contribution in [2.24, 2.45) is 5.92 Å². The van der Waals surface area contributed by atoms with Gasteiger partial charge in [-0.3, -0.25) is 10.1 Å². The minimum atomic E-state index is -1.05. The Morgan fingerprint density at radius 1 is 1.24 bits per heavy atom. The first-order valence-electron chi connectivity index (χ1n) is 7.81. The molecule has 1 aliphatic rings. The molecule has 1 saturated carbocycles. The summed E-state index contributed by atoms with van der Waals surface area (Å²) < 4.78 is 5.39.